The maximum Gasteiger partial charge on any atom is 0.153 e. The van der Waals surface area contributed by atoms with E-state index in [1.54, 1.807) is 0 Å². The third-order valence-electron chi connectivity index (χ3n) is 3.66. The van der Waals surface area contributed by atoms with Gasteiger partial charge in [0.25, 0.3) is 0 Å². The van der Waals surface area contributed by atoms with Gasteiger partial charge in [0.15, 0.2) is 4.90 Å². The number of hydrogen-bond donors (Lipinski definition) is 0. The quantitative estimate of drug-likeness (QED) is 0.406. The second-order valence-electron chi connectivity index (χ2n) is 4.87. The predicted molar refractivity (Wildman–Crippen MR) is 87.1 cm³/mol. The van der Waals surface area contributed by atoms with E-state index in [9.17, 15) is 4.55 Å². The second kappa shape index (κ2) is 7.36. The van der Waals surface area contributed by atoms with Crippen molar-refractivity contribution in [1.29, 1.82) is 0 Å². The van der Waals surface area contributed by atoms with Crippen LogP contribution in [0.25, 0.3) is 0 Å². The molecule has 1 aliphatic carbocycles. The molecule has 0 saturated heterocycles. The van der Waals surface area contributed by atoms with E-state index in [0.29, 0.717) is 10.3 Å². The molecule has 1 atom stereocenters. The van der Waals surface area contributed by atoms with Crippen LogP contribution in [-0.4, -0.2) is 14.2 Å². The van der Waals surface area contributed by atoms with Gasteiger partial charge in [0.2, 0.25) is 0 Å². The van der Waals surface area contributed by atoms with Crippen molar-refractivity contribution in [3.63, 3.8) is 0 Å². The average Bonchev–Trinajstić information content (AvgIpc) is 2.40. The first-order valence-electron chi connectivity index (χ1n) is 6.43. The van der Waals surface area contributed by atoms with Crippen molar-refractivity contribution in [2.24, 2.45) is 5.92 Å². The van der Waals surface area contributed by atoms with Crippen LogP contribution in [0.1, 0.15) is 32.1 Å². The van der Waals surface area contributed by atoms with Crippen molar-refractivity contribution in [2.75, 3.05) is 4.43 Å². The van der Waals surface area contributed by atoms with Crippen molar-refractivity contribution in [3.8, 4) is 0 Å². The van der Waals surface area contributed by atoms with Crippen LogP contribution in [0.15, 0.2) is 29.2 Å². The zero-order valence-electron chi connectivity index (χ0n) is 10.3. The SMILES string of the molecule is [O-][S+](c1ccc(Cl)cc1)[C@H]1CC[C@@H](CCI)CC1. The molecular weight excluding hydrogens is 379 g/mol. The van der Waals surface area contributed by atoms with Crippen LogP contribution in [0.3, 0.4) is 0 Å². The van der Waals surface area contributed by atoms with Gasteiger partial charge < -0.3 is 4.55 Å². The summed E-state index contributed by atoms with van der Waals surface area (Å²) in [7, 11) is 0. The smallest absolute Gasteiger partial charge is 0.153 e. The lowest BCUT2D eigenvalue weighted by atomic mass is 9.87. The number of benzene rings is 1. The zero-order chi connectivity index (χ0) is 13.0. The van der Waals surface area contributed by atoms with Gasteiger partial charge in [0, 0.05) is 5.02 Å². The Morgan fingerprint density at radius 1 is 1.17 bits per heavy atom. The standard InChI is InChI=1S/C14H18ClIOS/c15-12-3-7-14(8-4-12)18(17)13-5-1-11(2-6-13)9-10-16/h3-4,7-8,11,13H,1-2,5-6,9-10H2/t11-,13+,18?. The molecule has 0 N–H and O–H groups in total. The number of rotatable bonds is 4. The van der Waals surface area contributed by atoms with E-state index in [0.717, 1.165) is 23.7 Å². The summed E-state index contributed by atoms with van der Waals surface area (Å²) in [5, 5.41) is 1.05. The molecule has 0 aliphatic heterocycles. The van der Waals surface area contributed by atoms with Crippen molar-refractivity contribution in [1.82, 2.24) is 0 Å². The molecule has 1 saturated carbocycles. The molecule has 1 unspecified atom stereocenters. The molecule has 0 heterocycles. The Labute approximate surface area is 131 Å². The highest BCUT2D eigenvalue weighted by atomic mass is 127. The van der Waals surface area contributed by atoms with E-state index >= 15 is 0 Å². The van der Waals surface area contributed by atoms with Crippen molar-refractivity contribution in [2.45, 2.75) is 42.2 Å². The molecule has 1 aliphatic rings. The molecule has 0 bridgehead atoms. The van der Waals surface area contributed by atoms with Crippen LogP contribution >= 0.6 is 34.2 Å². The number of halogens is 2. The normalized spacial score (nSPS) is 25.9. The van der Waals surface area contributed by atoms with Gasteiger partial charge in [-0.05, 0) is 77.9 Å². The van der Waals surface area contributed by atoms with Gasteiger partial charge in [-0.3, -0.25) is 0 Å². The first-order chi connectivity index (χ1) is 8.70. The van der Waals surface area contributed by atoms with E-state index in [1.165, 1.54) is 23.7 Å². The Kier molecular flexibility index (Phi) is 6.12. The van der Waals surface area contributed by atoms with Crippen molar-refractivity contribution < 1.29 is 4.55 Å². The van der Waals surface area contributed by atoms with E-state index in [-0.39, 0.29) is 0 Å². The summed E-state index contributed by atoms with van der Waals surface area (Å²) < 4.78 is 13.7. The average molecular weight is 397 g/mol. The van der Waals surface area contributed by atoms with Crippen molar-refractivity contribution >= 4 is 45.4 Å². The fourth-order valence-corrected chi connectivity index (χ4v) is 5.05. The fraction of sp³-hybridized carbons (Fsp3) is 0.571. The lowest BCUT2D eigenvalue weighted by Crippen LogP contribution is -2.27. The molecule has 0 spiro atoms. The molecule has 18 heavy (non-hydrogen) atoms. The van der Waals surface area contributed by atoms with Gasteiger partial charge in [-0.25, -0.2) is 0 Å². The maximum absolute atomic E-state index is 12.4. The molecule has 1 nitrogen and oxygen atoms in total. The topological polar surface area (TPSA) is 23.1 Å². The minimum Gasteiger partial charge on any atom is -0.611 e. The van der Waals surface area contributed by atoms with Crippen LogP contribution < -0.4 is 0 Å². The van der Waals surface area contributed by atoms with Gasteiger partial charge >= 0.3 is 0 Å². The molecule has 2 rings (SSSR count). The summed E-state index contributed by atoms with van der Waals surface area (Å²) in [6, 6.07) is 7.46. The Bertz CT molecular complexity index is 363. The molecule has 100 valence electrons. The van der Waals surface area contributed by atoms with Gasteiger partial charge in [0.1, 0.15) is 5.25 Å². The third-order valence-corrected chi connectivity index (χ3v) is 6.35. The molecule has 4 heteroatoms. The highest BCUT2D eigenvalue weighted by molar-refractivity contribution is 14.1. The lowest BCUT2D eigenvalue weighted by Gasteiger charge is -2.29. The first-order valence-corrected chi connectivity index (χ1v) is 9.54. The first kappa shape index (κ1) is 14.9. The number of alkyl halides is 1. The molecular formula is C14H18ClIOS. The molecule has 1 aromatic carbocycles. The largest absolute Gasteiger partial charge is 0.611 e. The molecule has 1 fully saturated rings. The van der Waals surface area contributed by atoms with Crippen LogP contribution in [0, 0.1) is 5.92 Å². The summed E-state index contributed by atoms with van der Waals surface area (Å²) in [5.41, 5.74) is 0. The van der Waals surface area contributed by atoms with E-state index in [4.69, 9.17) is 11.6 Å². The number of hydrogen-bond acceptors (Lipinski definition) is 1. The molecule has 0 aromatic heterocycles. The lowest BCUT2D eigenvalue weighted by molar-refractivity contribution is 0.352. The van der Waals surface area contributed by atoms with Gasteiger partial charge in [-0.15, -0.1) is 0 Å². The Balaban J connectivity index is 1.91. The predicted octanol–water partition coefficient (Wildman–Crippen LogP) is 4.83. The molecule has 0 radical (unpaired) electrons. The minimum atomic E-state index is -0.858. The maximum atomic E-state index is 12.4. The van der Waals surface area contributed by atoms with Crippen LogP contribution in [0.4, 0.5) is 0 Å². The van der Waals surface area contributed by atoms with Crippen molar-refractivity contribution in [3.05, 3.63) is 29.3 Å². The van der Waals surface area contributed by atoms with Gasteiger partial charge in [-0.2, -0.15) is 0 Å². The highest BCUT2D eigenvalue weighted by Gasteiger charge is 2.30. The summed E-state index contributed by atoms with van der Waals surface area (Å²) in [6.45, 7) is 0. The summed E-state index contributed by atoms with van der Waals surface area (Å²) in [4.78, 5) is 0.928. The fourth-order valence-electron chi connectivity index (χ4n) is 2.55. The van der Waals surface area contributed by atoms with E-state index < -0.39 is 11.2 Å². The van der Waals surface area contributed by atoms with Crippen LogP contribution in [-0.2, 0) is 11.2 Å². The molecule has 0 amide bonds. The summed E-state index contributed by atoms with van der Waals surface area (Å²) in [5.74, 6) is 0.861. The summed E-state index contributed by atoms with van der Waals surface area (Å²) in [6.07, 6.45) is 6.02. The summed E-state index contributed by atoms with van der Waals surface area (Å²) >= 11 is 7.45. The minimum absolute atomic E-state index is 0.344. The third kappa shape index (κ3) is 4.02. The Morgan fingerprint density at radius 3 is 2.33 bits per heavy atom. The van der Waals surface area contributed by atoms with Crippen LogP contribution in [0.5, 0.6) is 0 Å². The van der Waals surface area contributed by atoms with E-state index in [2.05, 4.69) is 22.6 Å². The highest BCUT2D eigenvalue weighted by Crippen LogP contribution is 2.33. The van der Waals surface area contributed by atoms with Gasteiger partial charge in [-0.1, -0.05) is 34.2 Å². The van der Waals surface area contributed by atoms with E-state index in [1.807, 2.05) is 24.3 Å². The second-order valence-corrected chi connectivity index (χ2v) is 8.12. The monoisotopic (exact) mass is 396 g/mol. The molecule has 1 aromatic rings. The van der Waals surface area contributed by atoms with Crippen LogP contribution in [0.2, 0.25) is 5.02 Å². The zero-order valence-corrected chi connectivity index (χ0v) is 14.0. The Hall–Kier alpha value is 0.550. The van der Waals surface area contributed by atoms with Gasteiger partial charge in [0.05, 0.1) is 0 Å². The Morgan fingerprint density at radius 2 is 1.78 bits per heavy atom.